The fourth-order valence-electron chi connectivity index (χ4n) is 15.3. The van der Waals surface area contributed by atoms with Crippen molar-refractivity contribution < 1.29 is 54.5 Å². The summed E-state index contributed by atoms with van der Waals surface area (Å²) in [5.74, 6) is -3.09. The molecule has 5 aliphatic rings. The van der Waals surface area contributed by atoms with Crippen molar-refractivity contribution >= 4 is 153 Å². The number of nitrogen functional groups attached to an aromatic ring is 1. The second-order valence-electron chi connectivity index (χ2n) is 32.1. The summed E-state index contributed by atoms with van der Waals surface area (Å²) in [5, 5.41) is 32.2. The topological polar surface area (TPSA) is 434 Å². The van der Waals surface area contributed by atoms with Crippen LogP contribution in [0.4, 0.5) is 76.3 Å². The first-order valence-corrected chi connectivity index (χ1v) is 44.1. The Hall–Kier alpha value is -13.5. The summed E-state index contributed by atoms with van der Waals surface area (Å²) in [6.45, 7) is 21.0. The molecule has 5 aliphatic heterocycles. The van der Waals surface area contributed by atoms with E-state index >= 15 is 0 Å². The van der Waals surface area contributed by atoms with Crippen LogP contribution in [-0.4, -0.2) is 262 Å². The van der Waals surface area contributed by atoms with E-state index < -0.39 is 40.1 Å². The van der Waals surface area contributed by atoms with Crippen LogP contribution in [0.15, 0.2) is 236 Å². The third kappa shape index (κ3) is 29.3. The number of likely N-dealkylation sites (N-methyl/N-ethyl adjacent to an activating group) is 5. The molecule has 3 amide bonds. The minimum absolute atomic E-state index is 0. The molecule has 14 N–H and O–H groups in total. The standard InChI is InChI=1S/2C24H24FN7O.C13H8ClFN4O.C11H15N3O2.C11H17N3.C6H4BrNO2.C5H12N2.2CH4.ClH.Fe.H3N/c2*1-30-9-11-31(12-10-30)17-6-4-5-16(13-17)28-24-27-14-20(25)23(29-24)32-15-19(22(26)33)18-7-2-3-8-21(18)32;14-13-17-5-9(15)12(18-13)19-6-8(11(16)20)7-3-1-2-4-10(7)19;1-12-5-7-13(8-6-12)10-3-2-4-11(9-10)14(15)16;1-13-5-7-14(8-6-13)11-4-2-3-10(12)9-11;7-5-2-1-3-6(4-5)8(9)10;1-7-4-2-6-3-5-7;;;;;/h2*2-8,13-15H,9-12H2,1H3,(H2,26,33)(H,27,28,29);1-6H,(H2,16,20);2-4,9H,5-8H2,1H3;2-4,9H,5-8,12H2,1H3;1-4H;6H,2-5H2,1H3;2*1H4;1H;;1H3. The van der Waals surface area contributed by atoms with Gasteiger partial charge in [0.25, 0.3) is 29.1 Å². The van der Waals surface area contributed by atoms with Crippen LogP contribution in [-0.2, 0) is 17.1 Å². The molecular formula is C96H116BrCl2F3FeN28O7. The molecule has 5 saturated heterocycles. The molecule has 11 heterocycles. The number of amides is 3. The van der Waals surface area contributed by atoms with Crippen molar-refractivity contribution in [3.05, 3.63) is 295 Å². The van der Waals surface area contributed by atoms with E-state index in [0.29, 0.717) is 43.8 Å². The van der Waals surface area contributed by atoms with E-state index in [4.69, 9.17) is 34.5 Å². The number of hydrogen-bond donors (Lipinski definition) is 8. The zero-order valence-corrected chi connectivity index (χ0v) is 79.8. The van der Waals surface area contributed by atoms with Gasteiger partial charge in [0.2, 0.25) is 17.2 Å². The van der Waals surface area contributed by atoms with Crippen LogP contribution < -0.4 is 64.6 Å². The number of piperazine rings is 5. The van der Waals surface area contributed by atoms with E-state index in [9.17, 15) is 47.8 Å². The second kappa shape index (κ2) is 52.2. The largest absolute Gasteiger partial charge is 0.399 e. The Balaban J connectivity index is 0.000000207. The van der Waals surface area contributed by atoms with Crippen molar-refractivity contribution in [1.29, 1.82) is 0 Å². The Kier molecular flexibility index (Phi) is 41.5. The number of carbonyl (C=O) groups is 3. The number of aromatic nitrogens is 9. The van der Waals surface area contributed by atoms with Crippen LogP contribution in [0, 0.1) is 37.7 Å². The molecule has 138 heavy (non-hydrogen) atoms. The Labute approximate surface area is 829 Å². The van der Waals surface area contributed by atoms with Crippen LogP contribution in [0.25, 0.3) is 50.2 Å². The van der Waals surface area contributed by atoms with Gasteiger partial charge >= 0.3 is 0 Å². The van der Waals surface area contributed by atoms with Gasteiger partial charge in [-0.25, -0.2) is 28.1 Å². The molecule has 5 fully saturated rings. The first kappa shape index (κ1) is 110. The van der Waals surface area contributed by atoms with Gasteiger partial charge in [-0.3, -0.25) is 48.3 Å². The predicted octanol–water partition coefficient (Wildman–Crippen LogP) is 14.7. The summed E-state index contributed by atoms with van der Waals surface area (Å²) >= 11 is 8.82. The van der Waals surface area contributed by atoms with Gasteiger partial charge in [0.15, 0.2) is 34.9 Å². The maximum atomic E-state index is 14.8. The number of nitro benzene ring substituents is 2. The van der Waals surface area contributed by atoms with Gasteiger partial charge in [0.05, 0.1) is 61.7 Å². The van der Waals surface area contributed by atoms with Gasteiger partial charge in [-0.05, 0) is 132 Å². The van der Waals surface area contributed by atoms with E-state index in [1.807, 2.05) is 72.8 Å². The maximum absolute atomic E-state index is 14.8. The number of nitro groups is 2. The van der Waals surface area contributed by atoms with Crippen molar-refractivity contribution in [2.24, 2.45) is 17.2 Å². The Bertz CT molecular complexity index is 6210. The number of carbonyl (C=O) groups excluding carboxylic acids is 3. The average molecular weight is 2040 g/mol. The molecule has 0 saturated carbocycles. The summed E-state index contributed by atoms with van der Waals surface area (Å²) < 4.78 is 48.6. The van der Waals surface area contributed by atoms with Crippen molar-refractivity contribution in [2.45, 2.75) is 14.9 Å². The van der Waals surface area contributed by atoms with Crippen LogP contribution in [0.2, 0.25) is 5.28 Å². The van der Waals surface area contributed by atoms with Crippen LogP contribution in [0.1, 0.15) is 45.9 Å². The number of para-hydroxylation sites is 3. The van der Waals surface area contributed by atoms with Gasteiger partial charge in [0.1, 0.15) is 0 Å². The fraction of sp³-hybridized carbons (Fsp3) is 0.281. The monoisotopic (exact) mass is 2030 g/mol. The summed E-state index contributed by atoms with van der Waals surface area (Å²) in [7, 11) is 10.7. The van der Waals surface area contributed by atoms with Gasteiger partial charge < -0.3 is 89.1 Å². The van der Waals surface area contributed by atoms with Gasteiger partial charge in [-0.1, -0.05) is 116 Å². The third-order valence-electron chi connectivity index (χ3n) is 22.7. The summed E-state index contributed by atoms with van der Waals surface area (Å²) in [6.07, 6.45) is 7.67. The number of anilines is 9. The number of rotatable bonds is 16. The van der Waals surface area contributed by atoms with Crippen LogP contribution in [0.5, 0.6) is 0 Å². The van der Waals surface area contributed by atoms with Gasteiger partial charge in [-0.2, -0.15) is 15.0 Å². The maximum Gasteiger partial charge on any atom is 0.271 e. The molecule has 8 aromatic carbocycles. The molecule has 0 aliphatic carbocycles. The number of nitrogens with two attached hydrogens (primary N) is 4. The first-order chi connectivity index (χ1) is 64.1. The van der Waals surface area contributed by atoms with Crippen molar-refractivity contribution in [2.75, 3.05) is 202 Å². The first-order valence-electron chi connectivity index (χ1n) is 42.9. The molecule has 35 nitrogen and oxygen atoms in total. The number of hydrogen-bond acceptors (Lipinski definition) is 27. The van der Waals surface area contributed by atoms with E-state index in [0.717, 1.165) is 175 Å². The summed E-state index contributed by atoms with van der Waals surface area (Å²) in [6, 6.07) is 58.6. The molecule has 0 unspecified atom stereocenters. The number of nitrogens with one attached hydrogen (secondary N) is 3. The smallest absolute Gasteiger partial charge is 0.271 e. The Morgan fingerprint density at radius 2 is 0.717 bits per heavy atom. The molecule has 6 aromatic heterocycles. The van der Waals surface area contributed by atoms with Gasteiger partial charge in [-0.15, -0.1) is 12.4 Å². The number of fused-ring (bicyclic) bond motifs is 3. The minimum Gasteiger partial charge on any atom is -0.399 e. The zero-order valence-electron chi connectivity index (χ0n) is 75.6. The molecule has 0 spiro atoms. The van der Waals surface area contributed by atoms with E-state index in [1.54, 1.807) is 84.9 Å². The fourth-order valence-corrected chi connectivity index (χ4v) is 15.8. The summed E-state index contributed by atoms with van der Waals surface area (Å²) in [4.78, 5) is 101. The minimum atomic E-state index is -0.647. The molecule has 19 rings (SSSR count). The quantitative estimate of drug-likeness (QED) is 0.0146. The summed E-state index contributed by atoms with van der Waals surface area (Å²) in [5.41, 5.74) is 32.0. The second-order valence-corrected chi connectivity index (χ2v) is 33.4. The number of primary amides is 3. The average Bonchev–Trinajstić information content (AvgIpc) is 1.62. The molecule has 42 heteroatoms. The number of non-ortho nitro benzene ring substituents is 2. The third-order valence-corrected chi connectivity index (χ3v) is 23.4. The number of nitrogens with zero attached hydrogens (tertiary/aromatic N) is 20. The number of benzene rings is 8. The van der Waals surface area contributed by atoms with Crippen LogP contribution in [0.3, 0.4) is 0 Å². The Morgan fingerprint density at radius 1 is 0.413 bits per heavy atom. The normalized spacial score (nSPS) is 14.4. The van der Waals surface area contributed by atoms with Crippen molar-refractivity contribution in [3.8, 4) is 17.5 Å². The van der Waals surface area contributed by atoms with E-state index in [-0.39, 0.29) is 107 Å². The predicted molar refractivity (Wildman–Crippen MR) is 546 cm³/mol. The Morgan fingerprint density at radius 3 is 1.04 bits per heavy atom. The molecule has 0 radical (unpaired) electrons. The van der Waals surface area contributed by atoms with Crippen molar-refractivity contribution in [1.82, 2.24) is 79.6 Å². The SMILES string of the molecule is C.C.CN1CCN(c2cccc(N)c2)CC1.CN1CCN(c2cccc(Nc3ncc(F)c(-n4cc(C(N)=O)c5ccccc54)n3)c2)CC1.CN1CCN(c2cccc(Nc3ncc(F)c(-n4cc(C(N)=O)c5ccccc54)n3)c2)CC1.CN1CCN(c2cccc([N+](=O)[O-])c2)CC1.CN1CCNCC1.Cl.N.NC(=O)c1cn(-c2nc(Cl)ncc2F)c2ccccc12.O=[N+]([O-])c1cccc(Br)c1.[Fe]. The molecule has 732 valence electrons. The molecular weight excluding hydrogens is 1920 g/mol. The van der Waals surface area contributed by atoms with Crippen molar-refractivity contribution in [3.63, 3.8) is 0 Å². The molecule has 0 bridgehead atoms. The van der Waals surface area contributed by atoms with E-state index in [1.165, 1.54) is 69.3 Å². The van der Waals surface area contributed by atoms with Gasteiger partial charge in [0, 0.05) is 251 Å². The van der Waals surface area contributed by atoms with E-state index in [2.05, 4.69) is 159 Å². The number of halogens is 6. The zero-order chi connectivity index (χ0) is 94.4. The molecule has 0 atom stereocenters. The van der Waals surface area contributed by atoms with Crippen LogP contribution >= 0.6 is 39.9 Å². The molecule has 14 aromatic rings.